The fraction of sp³-hybridized carbons (Fsp3) is 0.143. The van der Waals surface area contributed by atoms with Crippen molar-refractivity contribution in [2.24, 2.45) is 5.73 Å². The highest BCUT2D eigenvalue weighted by Gasteiger charge is 2.21. The average molecular weight is 392 g/mol. The Hall–Kier alpha value is -3.94. The third-order valence-corrected chi connectivity index (χ3v) is 4.15. The van der Waals surface area contributed by atoms with Crippen molar-refractivity contribution in [2.75, 3.05) is 13.2 Å². The fourth-order valence-corrected chi connectivity index (χ4v) is 2.72. The first-order valence-electron chi connectivity index (χ1n) is 8.89. The molecule has 0 unspecified atom stereocenters. The molecule has 2 aromatic carbocycles. The van der Waals surface area contributed by atoms with E-state index in [4.69, 9.17) is 10.5 Å². The van der Waals surface area contributed by atoms with Crippen molar-refractivity contribution in [2.45, 2.75) is 6.92 Å². The van der Waals surface area contributed by atoms with Crippen molar-refractivity contribution in [1.82, 2.24) is 15.1 Å². The molecule has 0 bridgehead atoms. The Morgan fingerprint density at radius 3 is 2.45 bits per heavy atom. The van der Waals surface area contributed by atoms with Gasteiger partial charge in [-0.15, -0.1) is 0 Å². The molecule has 2 amide bonds. The van der Waals surface area contributed by atoms with Crippen LogP contribution in [0, 0.1) is 6.92 Å². The summed E-state index contributed by atoms with van der Waals surface area (Å²) in [6, 6.07) is 16.9. The molecule has 148 valence electrons. The molecule has 0 aliphatic rings. The molecule has 0 atom stereocenters. The molecule has 0 fully saturated rings. The quantitative estimate of drug-likeness (QED) is 0.593. The Balaban J connectivity index is 1.89. The van der Waals surface area contributed by atoms with Crippen molar-refractivity contribution < 1.29 is 19.1 Å². The molecular formula is C21H20N4O4. The number of benzene rings is 2. The number of aryl methyl sites for hydroxylation is 1. The highest BCUT2D eigenvalue weighted by molar-refractivity contribution is 5.97. The summed E-state index contributed by atoms with van der Waals surface area (Å²) in [6.07, 6.45) is 1.57. The third kappa shape index (κ3) is 4.86. The van der Waals surface area contributed by atoms with Crippen LogP contribution in [0.2, 0.25) is 0 Å². The normalized spacial score (nSPS) is 10.4. The third-order valence-electron chi connectivity index (χ3n) is 4.15. The van der Waals surface area contributed by atoms with Crippen LogP contribution in [0.15, 0.2) is 60.8 Å². The minimum absolute atomic E-state index is 0.228. The summed E-state index contributed by atoms with van der Waals surface area (Å²) in [5.41, 5.74) is 8.16. The number of carbonyl (C=O) groups excluding carboxylic acids is 3. The second-order valence-corrected chi connectivity index (χ2v) is 6.31. The molecule has 1 heterocycles. The van der Waals surface area contributed by atoms with Gasteiger partial charge in [0.2, 0.25) is 5.91 Å². The molecule has 1 aromatic heterocycles. The number of hydrogen-bond donors (Lipinski definition) is 2. The number of primary amides is 1. The lowest BCUT2D eigenvalue weighted by Crippen LogP contribution is -2.36. The fourth-order valence-electron chi connectivity index (χ4n) is 2.72. The largest absolute Gasteiger partial charge is 0.452 e. The van der Waals surface area contributed by atoms with E-state index in [1.165, 1.54) is 0 Å². The van der Waals surface area contributed by atoms with E-state index >= 15 is 0 Å². The van der Waals surface area contributed by atoms with Gasteiger partial charge in [0.1, 0.15) is 11.3 Å². The molecule has 29 heavy (non-hydrogen) atoms. The zero-order valence-corrected chi connectivity index (χ0v) is 15.8. The van der Waals surface area contributed by atoms with Gasteiger partial charge < -0.3 is 15.8 Å². The summed E-state index contributed by atoms with van der Waals surface area (Å²) >= 11 is 0. The summed E-state index contributed by atoms with van der Waals surface area (Å²) in [4.78, 5) is 35.1. The lowest BCUT2D eigenvalue weighted by atomic mass is 10.0. The van der Waals surface area contributed by atoms with Gasteiger partial charge in [0.05, 0.1) is 12.2 Å². The van der Waals surface area contributed by atoms with Crippen LogP contribution in [0.25, 0.3) is 16.9 Å². The Labute approximate surface area is 167 Å². The van der Waals surface area contributed by atoms with Crippen molar-refractivity contribution in [3.63, 3.8) is 0 Å². The highest BCUT2D eigenvalue weighted by atomic mass is 16.5. The lowest BCUT2D eigenvalue weighted by Gasteiger charge is -2.07. The number of carbonyl (C=O) groups is 3. The van der Waals surface area contributed by atoms with E-state index in [1.54, 1.807) is 10.9 Å². The molecule has 0 aliphatic carbocycles. The maximum Gasteiger partial charge on any atom is 0.342 e. The van der Waals surface area contributed by atoms with Crippen LogP contribution in [0.3, 0.4) is 0 Å². The first kappa shape index (κ1) is 19.8. The second kappa shape index (κ2) is 8.83. The van der Waals surface area contributed by atoms with E-state index in [2.05, 4.69) is 10.4 Å². The first-order chi connectivity index (χ1) is 14.0. The maximum absolute atomic E-state index is 12.7. The van der Waals surface area contributed by atoms with Gasteiger partial charge in [-0.2, -0.15) is 5.10 Å². The zero-order valence-electron chi connectivity index (χ0n) is 15.8. The smallest absolute Gasteiger partial charge is 0.342 e. The summed E-state index contributed by atoms with van der Waals surface area (Å²) in [6.45, 7) is 1.07. The van der Waals surface area contributed by atoms with Crippen molar-refractivity contribution >= 4 is 17.8 Å². The minimum Gasteiger partial charge on any atom is -0.452 e. The Kier molecular flexibility index (Phi) is 6.03. The lowest BCUT2D eigenvalue weighted by molar-refractivity contribution is -0.127. The number of nitrogens with one attached hydrogen (secondary N) is 1. The molecule has 0 saturated carbocycles. The molecular weight excluding hydrogens is 372 g/mol. The molecule has 3 rings (SSSR count). The predicted octanol–water partition coefficient (Wildman–Crippen LogP) is 1.61. The van der Waals surface area contributed by atoms with E-state index < -0.39 is 24.4 Å². The van der Waals surface area contributed by atoms with Gasteiger partial charge in [-0.25, -0.2) is 9.48 Å². The van der Waals surface area contributed by atoms with E-state index in [0.29, 0.717) is 5.69 Å². The summed E-state index contributed by atoms with van der Waals surface area (Å²) < 4.78 is 6.71. The van der Waals surface area contributed by atoms with Crippen LogP contribution in [0.4, 0.5) is 0 Å². The molecule has 0 radical (unpaired) electrons. The van der Waals surface area contributed by atoms with E-state index in [1.807, 2.05) is 61.5 Å². The van der Waals surface area contributed by atoms with Crippen LogP contribution < -0.4 is 11.1 Å². The van der Waals surface area contributed by atoms with Gasteiger partial charge >= 0.3 is 5.97 Å². The first-order valence-corrected chi connectivity index (χ1v) is 8.89. The van der Waals surface area contributed by atoms with Gasteiger partial charge in [-0.1, -0.05) is 42.5 Å². The summed E-state index contributed by atoms with van der Waals surface area (Å²) in [5.74, 6) is -2.00. The number of nitrogens with two attached hydrogens (primary N) is 1. The molecule has 0 aliphatic heterocycles. The standard InChI is InChI=1S/C21H20N4O4/c1-14-7-5-6-10-16(14)20-17(12-25(24-20)15-8-3-2-4-9-15)21(28)29-13-19(27)23-11-18(22)26/h2-10,12H,11,13H2,1H3,(H2,22,26)(H,23,27). The van der Waals surface area contributed by atoms with Gasteiger partial charge in [0, 0.05) is 11.8 Å². The maximum atomic E-state index is 12.7. The Morgan fingerprint density at radius 2 is 1.76 bits per heavy atom. The second-order valence-electron chi connectivity index (χ2n) is 6.31. The number of rotatable bonds is 7. The molecule has 3 aromatic rings. The Morgan fingerprint density at radius 1 is 1.07 bits per heavy atom. The van der Waals surface area contributed by atoms with Crippen LogP contribution >= 0.6 is 0 Å². The van der Waals surface area contributed by atoms with Crippen molar-refractivity contribution in [3.05, 3.63) is 71.9 Å². The number of aromatic nitrogens is 2. The number of nitrogens with zero attached hydrogens (tertiary/aromatic N) is 2. The minimum atomic E-state index is -0.695. The molecule has 0 spiro atoms. The van der Waals surface area contributed by atoms with Gasteiger partial charge in [0.25, 0.3) is 5.91 Å². The van der Waals surface area contributed by atoms with Crippen molar-refractivity contribution in [1.29, 1.82) is 0 Å². The van der Waals surface area contributed by atoms with Crippen LogP contribution in [-0.2, 0) is 14.3 Å². The number of esters is 1. The van der Waals surface area contributed by atoms with E-state index in [9.17, 15) is 14.4 Å². The SMILES string of the molecule is Cc1ccccc1-c1nn(-c2ccccc2)cc1C(=O)OCC(=O)NCC(N)=O. The zero-order chi connectivity index (χ0) is 20.8. The number of ether oxygens (including phenoxy) is 1. The number of hydrogen-bond acceptors (Lipinski definition) is 5. The van der Waals surface area contributed by atoms with Crippen LogP contribution in [-0.4, -0.2) is 40.7 Å². The highest BCUT2D eigenvalue weighted by Crippen LogP contribution is 2.27. The Bertz CT molecular complexity index is 1040. The van der Waals surface area contributed by atoms with E-state index in [0.717, 1.165) is 16.8 Å². The number of para-hydroxylation sites is 1. The van der Waals surface area contributed by atoms with E-state index in [-0.39, 0.29) is 12.1 Å². The van der Waals surface area contributed by atoms with Gasteiger partial charge in [-0.3, -0.25) is 9.59 Å². The summed E-state index contributed by atoms with van der Waals surface area (Å²) in [5, 5.41) is 6.84. The topological polar surface area (TPSA) is 116 Å². The monoisotopic (exact) mass is 392 g/mol. The molecule has 8 nitrogen and oxygen atoms in total. The van der Waals surface area contributed by atoms with Gasteiger partial charge in [-0.05, 0) is 24.6 Å². The van der Waals surface area contributed by atoms with Gasteiger partial charge in [0.15, 0.2) is 6.61 Å². The number of amides is 2. The predicted molar refractivity (Wildman–Crippen MR) is 106 cm³/mol. The molecule has 3 N–H and O–H groups in total. The molecule has 8 heteroatoms. The summed E-state index contributed by atoms with van der Waals surface area (Å²) in [7, 11) is 0. The van der Waals surface area contributed by atoms with Crippen molar-refractivity contribution in [3.8, 4) is 16.9 Å². The van der Waals surface area contributed by atoms with Crippen LogP contribution in [0.1, 0.15) is 15.9 Å². The average Bonchev–Trinajstić information content (AvgIpc) is 3.16. The van der Waals surface area contributed by atoms with Crippen LogP contribution in [0.5, 0.6) is 0 Å². The molecule has 0 saturated heterocycles.